The molecule has 0 aliphatic carbocycles. The Balaban J connectivity index is 2.04. The fourth-order valence-corrected chi connectivity index (χ4v) is 3.16. The van der Waals surface area contributed by atoms with E-state index < -0.39 is 0 Å². The van der Waals surface area contributed by atoms with Crippen LogP contribution in [0.2, 0.25) is 0 Å². The number of esters is 1. The standard InChI is InChI=1S/C16H23ClN2O4/c1-3-23-16(20)13-9-18-6-4-14(13)19-7-5-12(8-15(19)17)10-22-11-21-2/h4,6,9,12,15H,3,5,7-8,10-11H2,1-2H3. The van der Waals surface area contributed by atoms with Crippen LogP contribution in [0.4, 0.5) is 5.69 Å². The molecule has 2 unspecified atom stereocenters. The van der Waals surface area contributed by atoms with Crippen molar-refractivity contribution in [3.8, 4) is 0 Å². The molecule has 1 aromatic rings. The first-order valence-corrected chi connectivity index (χ1v) is 8.19. The fourth-order valence-electron chi connectivity index (χ4n) is 2.71. The van der Waals surface area contributed by atoms with Gasteiger partial charge in [0.2, 0.25) is 0 Å². The molecule has 1 aliphatic rings. The van der Waals surface area contributed by atoms with Crippen LogP contribution in [0.3, 0.4) is 0 Å². The molecule has 0 aromatic carbocycles. The summed E-state index contributed by atoms with van der Waals surface area (Å²) in [6.07, 6.45) is 4.92. The third kappa shape index (κ3) is 4.80. The van der Waals surface area contributed by atoms with Crippen LogP contribution in [-0.2, 0) is 14.2 Å². The number of carbonyl (C=O) groups is 1. The number of halogens is 1. The number of alkyl halides is 1. The Hall–Kier alpha value is -1.37. The molecule has 2 rings (SSSR count). The molecule has 0 radical (unpaired) electrons. The molecule has 0 bridgehead atoms. The molecule has 6 nitrogen and oxygen atoms in total. The van der Waals surface area contributed by atoms with Crippen LogP contribution in [0.15, 0.2) is 18.5 Å². The zero-order valence-corrected chi connectivity index (χ0v) is 14.3. The van der Waals surface area contributed by atoms with Gasteiger partial charge in [-0.05, 0) is 31.7 Å². The third-order valence-corrected chi connectivity index (χ3v) is 4.22. The van der Waals surface area contributed by atoms with Gasteiger partial charge in [0, 0.05) is 26.0 Å². The summed E-state index contributed by atoms with van der Waals surface area (Å²) < 4.78 is 15.4. The number of carbonyl (C=O) groups excluding carboxylic acids is 1. The largest absolute Gasteiger partial charge is 0.462 e. The summed E-state index contributed by atoms with van der Waals surface area (Å²) in [6.45, 7) is 3.79. The van der Waals surface area contributed by atoms with Gasteiger partial charge >= 0.3 is 5.97 Å². The van der Waals surface area contributed by atoms with Gasteiger partial charge in [0.05, 0.1) is 18.9 Å². The summed E-state index contributed by atoms with van der Waals surface area (Å²) in [7, 11) is 1.60. The van der Waals surface area contributed by atoms with Gasteiger partial charge in [0.25, 0.3) is 0 Å². The second kappa shape index (κ2) is 9.05. The van der Waals surface area contributed by atoms with Crippen molar-refractivity contribution in [1.29, 1.82) is 0 Å². The molecule has 1 fully saturated rings. The molecule has 0 N–H and O–H groups in total. The molecule has 0 saturated carbocycles. The maximum Gasteiger partial charge on any atom is 0.341 e. The summed E-state index contributed by atoms with van der Waals surface area (Å²) in [5, 5.41) is 0. The quantitative estimate of drug-likeness (QED) is 0.249. The van der Waals surface area contributed by atoms with Gasteiger partial charge in [-0.3, -0.25) is 4.98 Å². The zero-order chi connectivity index (χ0) is 16.7. The van der Waals surface area contributed by atoms with Gasteiger partial charge in [0.1, 0.15) is 17.9 Å². The molecule has 1 saturated heterocycles. The van der Waals surface area contributed by atoms with Crippen molar-refractivity contribution in [2.45, 2.75) is 25.3 Å². The van der Waals surface area contributed by atoms with Crippen molar-refractivity contribution >= 4 is 23.3 Å². The lowest BCUT2D eigenvalue weighted by Crippen LogP contribution is -2.41. The van der Waals surface area contributed by atoms with Crippen molar-refractivity contribution in [3.63, 3.8) is 0 Å². The summed E-state index contributed by atoms with van der Waals surface area (Å²) >= 11 is 6.55. The minimum absolute atomic E-state index is 0.199. The minimum Gasteiger partial charge on any atom is -0.462 e. The first kappa shape index (κ1) is 18.0. The highest BCUT2D eigenvalue weighted by Gasteiger charge is 2.30. The van der Waals surface area contributed by atoms with Crippen molar-refractivity contribution in [2.24, 2.45) is 5.92 Å². The lowest BCUT2D eigenvalue weighted by Gasteiger charge is -2.38. The number of piperidine rings is 1. The smallest absolute Gasteiger partial charge is 0.341 e. The van der Waals surface area contributed by atoms with Crippen molar-refractivity contribution in [3.05, 3.63) is 24.0 Å². The van der Waals surface area contributed by atoms with Gasteiger partial charge in [-0.1, -0.05) is 11.6 Å². The van der Waals surface area contributed by atoms with E-state index >= 15 is 0 Å². The zero-order valence-electron chi connectivity index (χ0n) is 13.5. The number of anilines is 1. The Labute approximate surface area is 141 Å². The van der Waals surface area contributed by atoms with Crippen molar-refractivity contribution < 1.29 is 19.0 Å². The number of methoxy groups -OCH3 is 1. The minimum atomic E-state index is -0.370. The number of ether oxygens (including phenoxy) is 3. The molecule has 0 amide bonds. The molecule has 2 atom stereocenters. The van der Waals surface area contributed by atoms with E-state index in [1.165, 1.54) is 6.20 Å². The molecular formula is C16H23ClN2O4. The fraction of sp³-hybridized carbons (Fsp3) is 0.625. The number of hydrogen-bond donors (Lipinski definition) is 0. The van der Waals surface area contributed by atoms with Crippen LogP contribution in [0.1, 0.15) is 30.1 Å². The Bertz CT molecular complexity index is 515. The summed E-state index contributed by atoms with van der Waals surface area (Å²) in [5.41, 5.74) is 1.03. The Kier molecular flexibility index (Phi) is 7.08. The summed E-state index contributed by atoms with van der Waals surface area (Å²) in [5.74, 6) is 0.0156. The van der Waals surface area contributed by atoms with Crippen LogP contribution in [-0.4, -0.2) is 50.1 Å². The summed E-state index contributed by atoms with van der Waals surface area (Å²) in [6, 6.07) is 1.81. The maximum atomic E-state index is 12.1. The Morgan fingerprint density at radius 2 is 2.35 bits per heavy atom. The second-order valence-electron chi connectivity index (χ2n) is 5.41. The lowest BCUT2D eigenvalue weighted by molar-refractivity contribution is -0.0461. The Morgan fingerprint density at radius 3 is 3.04 bits per heavy atom. The van der Waals surface area contributed by atoms with Crippen molar-refractivity contribution in [1.82, 2.24) is 4.98 Å². The van der Waals surface area contributed by atoms with Gasteiger partial charge < -0.3 is 19.1 Å². The highest BCUT2D eigenvalue weighted by molar-refractivity contribution is 6.22. The molecule has 0 spiro atoms. The van der Waals surface area contributed by atoms with E-state index in [9.17, 15) is 4.79 Å². The van der Waals surface area contributed by atoms with Crippen LogP contribution >= 0.6 is 11.6 Å². The van der Waals surface area contributed by atoms with E-state index in [-0.39, 0.29) is 11.5 Å². The van der Waals surface area contributed by atoms with Gasteiger partial charge in [-0.25, -0.2) is 4.79 Å². The van der Waals surface area contributed by atoms with Crippen molar-refractivity contribution in [2.75, 3.05) is 38.6 Å². The lowest BCUT2D eigenvalue weighted by atomic mass is 9.96. The second-order valence-corrected chi connectivity index (χ2v) is 5.91. The topological polar surface area (TPSA) is 60.9 Å². The number of pyridine rings is 1. The highest BCUT2D eigenvalue weighted by Crippen LogP contribution is 2.32. The number of aromatic nitrogens is 1. The molecular weight excluding hydrogens is 320 g/mol. The molecule has 1 aromatic heterocycles. The monoisotopic (exact) mass is 342 g/mol. The van der Waals surface area contributed by atoms with E-state index in [1.807, 2.05) is 11.0 Å². The van der Waals surface area contributed by atoms with E-state index in [4.69, 9.17) is 25.8 Å². The molecule has 2 heterocycles. The first-order chi connectivity index (χ1) is 11.2. The number of hydrogen-bond acceptors (Lipinski definition) is 6. The number of rotatable bonds is 7. The van der Waals surface area contributed by atoms with E-state index in [2.05, 4.69) is 4.98 Å². The maximum absolute atomic E-state index is 12.1. The molecule has 23 heavy (non-hydrogen) atoms. The van der Waals surface area contributed by atoms with Gasteiger partial charge in [0.15, 0.2) is 0 Å². The van der Waals surface area contributed by atoms with Gasteiger partial charge in [-0.2, -0.15) is 0 Å². The average Bonchev–Trinajstić information content (AvgIpc) is 2.55. The highest BCUT2D eigenvalue weighted by atomic mass is 35.5. The normalized spacial score (nSPS) is 21.3. The van der Waals surface area contributed by atoms with E-state index in [0.29, 0.717) is 31.5 Å². The molecule has 128 valence electrons. The Morgan fingerprint density at radius 1 is 1.52 bits per heavy atom. The van der Waals surface area contributed by atoms with Crippen LogP contribution in [0, 0.1) is 5.92 Å². The van der Waals surface area contributed by atoms with Crippen LogP contribution in [0.5, 0.6) is 0 Å². The third-order valence-electron chi connectivity index (χ3n) is 3.80. The van der Waals surface area contributed by atoms with E-state index in [0.717, 1.165) is 25.1 Å². The first-order valence-electron chi connectivity index (χ1n) is 7.75. The average molecular weight is 343 g/mol. The molecule has 1 aliphatic heterocycles. The molecule has 7 heteroatoms. The van der Waals surface area contributed by atoms with Gasteiger partial charge in [-0.15, -0.1) is 0 Å². The van der Waals surface area contributed by atoms with Crippen LogP contribution < -0.4 is 4.90 Å². The predicted molar refractivity (Wildman–Crippen MR) is 87.7 cm³/mol. The predicted octanol–water partition coefficient (Wildman–Crippen LogP) is 2.66. The van der Waals surface area contributed by atoms with Crippen LogP contribution in [0.25, 0.3) is 0 Å². The van der Waals surface area contributed by atoms with E-state index in [1.54, 1.807) is 20.2 Å². The number of nitrogens with zero attached hydrogens (tertiary/aromatic N) is 2. The summed E-state index contributed by atoms with van der Waals surface area (Å²) in [4.78, 5) is 18.1. The SMILES string of the molecule is CCOC(=O)c1cnccc1N1CCC(COCOC)CC1Cl.